The van der Waals surface area contributed by atoms with E-state index in [0.29, 0.717) is 0 Å². The van der Waals surface area contributed by atoms with Gasteiger partial charge in [-0.1, -0.05) is 24.3 Å². The Morgan fingerprint density at radius 3 is 2.24 bits per heavy atom. The first-order valence-electron chi connectivity index (χ1n) is 5.07. The standard InChI is InChI=1S/C9H7N.C2H6O.CH4N2S/c1-2-6-9-8(4-1)5-3-7-10-9;1-2-3;2-1(3)4/h1-7H;3H,2H2,1H3;(H4,2,3,4). The topological polar surface area (TPSA) is 85.2 Å². The van der Waals surface area contributed by atoms with Crippen molar-refractivity contribution in [1.29, 1.82) is 0 Å². The number of nitrogens with two attached hydrogens (primary N) is 2. The van der Waals surface area contributed by atoms with Gasteiger partial charge >= 0.3 is 0 Å². The molecular formula is C12H17N3OS. The molecule has 1 aromatic heterocycles. The summed E-state index contributed by atoms with van der Waals surface area (Å²) in [5.74, 6) is 0. The summed E-state index contributed by atoms with van der Waals surface area (Å²) >= 11 is 4.09. The fraction of sp³-hybridized carbons (Fsp3) is 0.167. The second-order valence-electron chi connectivity index (χ2n) is 2.91. The number of rotatable bonds is 0. The van der Waals surface area contributed by atoms with Gasteiger partial charge in [0.15, 0.2) is 5.11 Å². The van der Waals surface area contributed by atoms with Gasteiger partial charge in [-0.05, 0) is 31.3 Å². The molecule has 17 heavy (non-hydrogen) atoms. The summed E-state index contributed by atoms with van der Waals surface area (Å²) in [7, 11) is 0. The lowest BCUT2D eigenvalue weighted by Crippen LogP contribution is -2.18. The number of hydrogen-bond acceptors (Lipinski definition) is 3. The van der Waals surface area contributed by atoms with E-state index in [0.717, 1.165) is 5.52 Å². The first-order valence-corrected chi connectivity index (χ1v) is 5.48. The Hall–Kier alpha value is -1.72. The van der Waals surface area contributed by atoms with E-state index >= 15 is 0 Å². The third-order valence-corrected chi connectivity index (χ3v) is 1.51. The Balaban J connectivity index is 0.000000311. The van der Waals surface area contributed by atoms with E-state index in [1.165, 1.54) is 5.39 Å². The zero-order chi connectivity index (χ0) is 13.1. The number of aliphatic hydroxyl groups is 1. The van der Waals surface area contributed by atoms with Crippen LogP contribution in [0, 0.1) is 0 Å². The molecule has 2 aromatic rings. The van der Waals surface area contributed by atoms with Crippen LogP contribution < -0.4 is 11.5 Å². The highest BCUT2D eigenvalue weighted by molar-refractivity contribution is 7.80. The van der Waals surface area contributed by atoms with Crippen LogP contribution in [0.4, 0.5) is 0 Å². The predicted octanol–water partition coefficient (Wildman–Crippen LogP) is 1.42. The van der Waals surface area contributed by atoms with E-state index in [1.54, 1.807) is 6.92 Å². The van der Waals surface area contributed by atoms with Crippen LogP contribution in [0.25, 0.3) is 10.9 Å². The fourth-order valence-electron chi connectivity index (χ4n) is 1.02. The molecule has 1 aromatic carbocycles. The van der Waals surface area contributed by atoms with Crippen LogP contribution in [0.1, 0.15) is 6.92 Å². The van der Waals surface area contributed by atoms with Crippen molar-refractivity contribution in [2.45, 2.75) is 6.92 Å². The van der Waals surface area contributed by atoms with E-state index in [1.807, 2.05) is 30.5 Å². The molecule has 92 valence electrons. The largest absolute Gasteiger partial charge is 0.397 e. The molecule has 0 unspecified atom stereocenters. The molecule has 0 spiro atoms. The summed E-state index contributed by atoms with van der Waals surface area (Å²) in [6, 6.07) is 12.1. The molecule has 0 radical (unpaired) electrons. The summed E-state index contributed by atoms with van der Waals surface area (Å²) in [6.07, 6.45) is 1.81. The van der Waals surface area contributed by atoms with Crippen LogP contribution in [0.3, 0.4) is 0 Å². The minimum Gasteiger partial charge on any atom is -0.397 e. The van der Waals surface area contributed by atoms with Crippen molar-refractivity contribution < 1.29 is 5.11 Å². The van der Waals surface area contributed by atoms with Crippen molar-refractivity contribution in [2.24, 2.45) is 11.5 Å². The number of aromatic nitrogens is 1. The van der Waals surface area contributed by atoms with Gasteiger partial charge in [-0.15, -0.1) is 0 Å². The molecule has 1 heterocycles. The second kappa shape index (κ2) is 9.50. The van der Waals surface area contributed by atoms with Crippen molar-refractivity contribution in [3.63, 3.8) is 0 Å². The monoisotopic (exact) mass is 251 g/mol. The number of thiocarbonyl (C=S) groups is 1. The molecule has 0 saturated heterocycles. The van der Waals surface area contributed by atoms with Gasteiger partial charge in [0.2, 0.25) is 0 Å². The normalized spacial score (nSPS) is 8.35. The molecule has 5 N–H and O–H groups in total. The number of para-hydroxylation sites is 1. The first kappa shape index (κ1) is 15.3. The lowest BCUT2D eigenvalue weighted by molar-refractivity contribution is 0.318. The molecule has 0 amide bonds. The maximum Gasteiger partial charge on any atom is 0.160 e. The van der Waals surface area contributed by atoms with Gasteiger partial charge in [0, 0.05) is 18.2 Å². The zero-order valence-electron chi connectivity index (χ0n) is 9.71. The average Bonchev–Trinajstić information content (AvgIpc) is 2.29. The summed E-state index contributed by atoms with van der Waals surface area (Å²) in [5.41, 5.74) is 10.3. The number of nitrogens with zero attached hydrogens (tertiary/aromatic N) is 1. The Morgan fingerprint density at radius 1 is 1.24 bits per heavy atom. The number of hydrogen-bond donors (Lipinski definition) is 3. The molecule has 0 aliphatic carbocycles. The van der Waals surface area contributed by atoms with E-state index < -0.39 is 0 Å². The molecule has 4 nitrogen and oxygen atoms in total. The number of aliphatic hydroxyl groups excluding tert-OH is 1. The Morgan fingerprint density at radius 2 is 1.71 bits per heavy atom. The third kappa shape index (κ3) is 8.12. The van der Waals surface area contributed by atoms with Crippen LogP contribution in [0.2, 0.25) is 0 Å². The number of fused-ring (bicyclic) bond motifs is 1. The fourth-order valence-corrected chi connectivity index (χ4v) is 1.02. The Bertz CT molecular complexity index is 379. The summed E-state index contributed by atoms with van der Waals surface area (Å²) in [6.45, 7) is 1.93. The van der Waals surface area contributed by atoms with Gasteiger partial charge in [0.1, 0.15) is 0 Å². The molecule has 5 heteroatoms. The first-order chi connectivity index (χ1) is 8.11. The quantitative estimate of drug-likeness (QED) is 0.617. The summed E-state index contributed by atoms with van der Waals surface area (Å²) in [5, 5.41) is 8.77. The van der Waals surface area contributed by atoms with Gasteiger partial charge in [-0.3, -0.25) is 4.98 Å². The minimum atomic E-state index is 0.000000000000000222. The van der Waals surface area contributed by atoms with E-state index in [-0.39, 0.29) is 11.7 Å². The van der Waals surface area contributed by atoms with Gasteiger partial charge in [0.05, 0.1) is 5.52 Å². The predicted molar refractivity (Wildman–Crippen MR) is 75.5 cm³/mol. The van der Waals surface area contributed by atoms with Gasteiger partial charge in [-0.2, -0.15) is 0 Å². The smallest absolute Gasteiger partial charge is 0.160 e. The number of benzene rings is 1. The average molecular weight is 251 g/mol. The lowest BCUT2D eigenvalue weighted by Gasteiger charge is -1.91. The van der Waals surface area contributed by atoms with Gasteiger partial charge in [0.25, 0.3) is 0 Å². The maximum absolute atomic E-state index is 7.57. The molecule has 0 atom stereocenters. The van der Waals surface area contributed by atoms with Crippen LogP contribution in [0.5, 0.6) is 0 Å². The van der Waals surface area contributed by atoms with Crippen LogP contribution in [0.15, 0.2) is 42.6 Å². The summed E-state index contributed by atoms with van der Waals surface area (Å²) < 4.78 is 0. The van der Waals surface area contributed by atoms with Crippen molar-refractivity contribution in [1.82, 2.24) is 4.98 Å². The summed E-state index contributed by atoms with van der Waals surface area (Å²) in [4.78, 5) is 4.18. The van der Waals surface area contributed by atoms with Crippen molar-refractivity contribution in [2.75, 3.05) is 6.61 Å². The minimum absolute atomic E-state index is 0.000000000000000222. The van der Waals surface area contributed by atoms with Crippen LogP contribution in [-0.2, 0) is 0 Å². The second-order valence-corrected chi connectivity index (χ2v) is 3.39. The highest BCUT2D eigenvalue weighted by Crippen LogP contribution is 2.07. The van der Waals surface area contributed by atoms with Gasteiger partial charge < -0.3 is 16.6 Å². The highest BCUT2D eigenvalue weighted by Gasteiger charge is 1.86. The molecule has 0 bridgehead atoms. The lowest BCUT2D eigenvalue weighted by atomic mass is 10.2. The van der Waals surface area contributed by atoms with Gasteiger partial charge in [-0.25, -0.2) is 0 Å². The Kier molecular flexibility index (Phi) is 8.54. The third-order valence-electron chi connectivity index (χ3n) is 1.51. The maximum atomic E-state index is 7.57. The van der Waals surface area contributed by atoms with Crippen molar-refractivity contribution in [3.8, 4) is 0 Å². The number of pyridine rings is 1. The van der Waals surface area contributed by atoms with Crippen LogP contribution >= 0.6 is 12.2 Å². The van der Waals surface area contributed by atoms with Crippen molar-refractivity contribution in [3.05, 3.63) is 42.6 Å². The molecule has 2 rings (SSSR count). The molecular weight excluding hydrogens is 234 g/mol. The van der Waals surface area contributed by atoms with E-state index in [9.17, 15) is 0 Å². The van der Waals surface area contributed by atoms with E-state index in [4.69, 9.17) is 5.11 Å². The SMILES string of the molecule is CCO.NC(N)=S.c1ccc2ncccc2c1. The molecule has 0 aliphatic heterocycles. The van der Waals surface area contributed by atoms with Crippen molar-refractivity contribution >= 4 is 28.2 Å². The highest BCUT2D eigenvalue weighted by atomic mass is 32.1. The molecule has 0 saturated carbocycles. The van der Waals surface area contributed by atoms with Crippen LogP contribution in [-0.4, -0.2) is 21.8 Å². The Labute approximate surface area is 106 Å². The van der Waals surface area contributed by atoms with E-state index in [2.05, 4.69) is 40.8 Å². The zero-order valence-corrected chi connectivity index (χ0v) is 10.5. The molecule has 0 aliphatic rings. The molecule has 0 fully saturated rings.